The standard InChI is InChI=1S/C16H17NO3/c1-11(15(18)17(2)3)20-16(19)14-9-8-12-6-4-5-7-13(12)10-14/h4-11H,1-3H3/t11-/m0/s1. The molecule has 0 N–H and O–H groups in total. The second kappa shape index (κ2) is 5.74. The van der Waals surface area contributed by atoms with Gasteiger partial charge >= 0.3 is 5.97 Å². The molecule has 4 nitrogen and oxygen atoms in total. The summed E-state index contributed by atoms with van der Waals surface area (Å²) in [6, 6.07) is 13.1. The molecule has 1 amide bonds. The van der Waals surface area contributed by atoms with Crippen LogP contribution >= 0.6 is 0 Å². The highest BCUT2D eigenvalue weighted by molar-refractivity contribution is 5.96. The minimum atomic E-state index is -0.788. The van der Waals surface area contributed by atoms with Crippen molar-refractivity contribution in [3.63, 3.8) is 0 Å². The summed E-state index contributed by atoms with van der Waals surface area (Å²) < 4.78 is 5.18. The molecule has 0 aliphatic carbocycles. The molecule has 0 aromatic heterocycles. The number of nitrogens with zero attached hydrogens (tertiary/aromatic N) is 1. The fourth-order valence-electron chi connectivity index (χ4n) is 1.96. The fourth-order valence-corrected chi connectivity index (χ4v) is 1.96. The molecule has 0 bridgehead atoms. The first-order chi connectivity index (χ1) is 9.49. The molecule has 0 radical (unpaired) electrons. The van der Waals surface area contributed by atoms with Crippen LogP contribution < -0.4 is 0 Å². The average Bonchev–Trinajstić information content (AvgIpc) is 2.45. The van der Waals surface area contributed by atoms with E-state index in [1.54, 1.807) is 33.2 Å². The van der Waals surface area contributed by atoms with Gasteiger partial charge in [-0.1, -0.05) is 30.3 Å². The summed E-state index contributed by atoms with van der Waals surface area (Å²) in [5.41, 5.74) is 0.446. The number of benzene rings is 2. The number of amides is 1. The van der Waals surface area contributed by atoms with Crippen molar-refractivity contribution in [2.75, 3.05) is 14.1 Å². The van der Waals surface area contributed by atoms with E-state index < -0.39 is 12.1 Å². The van der Waals surface area contributed by atoms with E-state index in [-0.39, 0.29) is 5.91 Å². The van der Waals surface area contributed by atoms with Crippen molar-refractivity contribution in [2.45, 2.75) is 13.0 Å². The lowest BCUT2D eigenvalue weighted by Gasteiger charge is -2.17. The number of fused-ring (bicyclic) bond motifs is 1. The fraction of sp³-hybridized carbons (Fsp3) is 0.250. The molecule has 0 saturated carbocycles. The Morgan fingerprint density at radius 2 is 1.70 bits per heavy atom. The molecule has 0 heterocycles. The van der Waals surface area contributed by atoms with E-state index >= 15 is 0 Å². The number of likely N-dealkylation sites (N-methyl/N-ethyl adjacent to an activating group) is 1. The monoisotopic (exact) mass is 271 g/mol. The summed E-state index contributed by atoms with van der Waals surface area (Å²) in [4.78, 5) is 25.1. The predicted octanol–water partition coefficient (Wildman–Crippen LogP) is 2.47. The van der Waals surface area contributed by atoms with Crippen molar-refractivity contribution >= 4 is 22.6 Å². The van der Waals surface area contributed by atoms with Gasteiger partial charge < -0.3 is 9.64 Å². The van der Waals surface area contributed by atoms with Gasteiger partial charge in [0.2, 0.25) is 0 Å². The van der Waals surface area contributed by atoms with Crippen molar-refractivity contribution in [1.82, 2.24) is 4.90 Å². The zero-order valence-electron chi connectivity index (χ0n) is 11.8. The normalized spacial score (nSPS) is 11.9. The zero-order valence-corrected chi connectivity index (χ0v) is 11.8. The number of rotatable bonds is 3. The highest BCUT2D eigenvalue weighted by Crippen LogP contribution is 2.16. The van der Waals surface area contributed by atoms with Crippen LogP contribution in [0.4, 0.5) is 0 Å². The Balaban J connectivity index is 2.17. The van der Waals surface area contributed by atoms with Gasteiger partial charge in [-0.3, -0.25) is 4.79 Å². The second-order valence-electron chi connectivity index (χ2n) is 4.84. The van der Waals surface area contributed by atoms with E-state index in [2.05, 4.69) is 0 Å². The van der Waals surface area contributed by atoms with E-state index in [1.807, 2.05) is 30.3 Å². The van der Waals surface area contributed by atoms with Crippen LogP contribution in [-0.4, -0.2) is 37.0 Å². The summed E-state index contributed by atoms with van der Waals surface area (Å²) in [6.07, 6.45) is -0.788. The Bertz CT molecular complexity index is 649. The number of ether oxygens (including phenoxy) is 1. The third-order valence-corrected chi connectivity index (χ3v) is 3.06. The van der Waals surface area contributed by atoms with Gasteiger partial charge in [-0.25, -0.2) is 4.79 Å². The van der Waals surface area contributed by atoms with Crippen molar-refractivity contribution in [1.29, 1.82) is 0 Å². The Morgan fingerprint density at radius 3 is 2.35 bits per heavy atom. The molecule has 2 rings (SSSR count). The highest BCUT2D eigenvalue weighted by atomic mass is 16.5. The van der Waals surface area contributed by atoms with E-state index in [1.165, 1.54) is 4.90 Å². The summed E-state index contributed by atoms with van der Waals surface area (Å²) in [5, 5.41) is 2.02. The third-order valence-electron chi connectivity index (χ3n) is 3.06. The van der Waals surface area contributed by atoms with Gasteiger partial charge in [0.25, 0.3) is 5.91 Å². The van der Waals surface area contributed by atoms with Gasteiger partial charge in [0, 0.05) is 14.1 Å². The maximum atomic E-state index is 12.0. The summed E-state index contributed by atoms with van der Waals surface area (Å²) >= 11 is 0. The number of hydrogen-bond acceptors (Lipinski definition) is 3. The van der Waals surface area contributed by atoms with Gasteiger partial charge in [-0.05, 0) is 29.8 Å². The smallest absolute Gasteiger partial charge is 0.338 e. The molecule has 0 spiro atoms. The van der Waals surface area contributed by atoms with Crippen LogP contribution in [0, 0.1) is 0 Å². The molecular formula is C16H17NO3. The molecule has 0 saturated heterocycles. The van der Waals surface area contributed by atoms with Crippen molar-refractivity contribution in [3.8, 4) is 0 Å². The SMILES string of the molecule is C[C@H](OC(=O)c1ccc2ccccc2c1)C(=O)N(C)C. The summed E-state index contributed by atoms with van der Waals surface area (Å²) in [7, 11) is 3.26. The van der Waals surface area contributed by atoms with Gasteiger partial charge in [0.1, 0.15) is 0 Å². The van der Waals surface area contributed by atoms with Crippen LogP contribution in [0.3, 0.4) is 0 Å². The van der Waals surface area contributed by atoms with Gasteiger partial charge in [0.15, 0.2) is 6.10 Å². The minimum Gasteiger partial charge on any atom is -0.449 e. The van der Waals surface area contributed by atoms with E-state index in [0.29, 0.717) is 5.56 Å². The molecule has 20 heavy (non-hydrogen) atoms. The van der Waals surface area contributed by atoms with Crippen LogP contribution in [0.5, 0.6) is 0 Å². The number of carbonyl (C=O) groups is 2. The van der Waals surface area contributed by atoms with Gasteiger partial charge in [-0.15, -0.1) is 0 Å². The molecular weight excluding hydrogens is 254 g/mol. The van der Waals surface area contributed by atoms with Crippen LogP contribution in [0.25, 0.3) is 10.8 Å². The Hall–Kier alpha value is -2.36. The van der Waals surface area contributed by atoms with Crippen molar-refractivity contribution in [2.24, 2.45) is 0 Å². The van der Waals surface area contributed by atoms with Crippen LogP contribution in [0.15, 0.2) is 42.5 Å². The number of hydrogen-bond donors (Lipinski definition) is 0. The van der Waals surface area contributed by atoms with E-state index in [9.17, 15) is 9.59 Å². The maximum absolute atomic E-state index is 12.0. The molecule has 0 unspecified atom stereocenters. The molecule has 104 valence electrons. The zero-order chi connectivity index (χ0) is 14.7. The third kappa shape index (κ3) is 2.96. The average molecular weight is 271 g/mol. The van der Waals surface area contributed by atoms with Crippen molar-refractivity contribution in [3.05, 3.63) is 48.0 Å². The molecule has 0 fully saturated rings. The summed E-state index contributed by atoms with van der Waals surface area (Å²) in [5.74, 6) is -0.724. The van der Waals surface area contributed by atoms with Gasteiger partial charge in [-0.2, -0.15) is 0 Å². The summed E-state index contributed by atoms with van der Waals surface area (Å²) in [6.45, 7) is 1.57. The van der Waals surface area contributed by atoms with Crippen LogP contribution in [0.1, 0.15) is 17.3 Å². The van der Waals surface area contributed by atoms with Crippen molar-refractivity contribution < 1.29 is 14.3 Å². The number of carbonyl (C=O) groups excluding carboxylic acids is 2. The molecule has 0 aliphatic heterocycles. The van der Waals surface area contributed by atoms with Gasteiger partial charge in [0.05, 0.1) is 5.56 Å². The molecule has 4 heteroatoms. The van der Waals surface area contributed by atoms with Crippen LogP contribution in [-0.2, 0) is 9.53 Å². The van der Waals surface area contributed by atoms with E-state index in [0.717, 1.165) is 10.8 Å². The second-order valence-corrected chi connectivity index (χ2v) is 4.84. The minimum absolute atomic E-state index is 0.237. The topological polar surface area (TPSA) is 46.6 Å². The quantitative estimate of drug-likeness (QED) is 0.806. The Labute approximate surface area is 117 Å². The first-order valence-electron chi connectivity index (χ1n) is 6.40. The van der Waals surface area contributed by atoms with E-state index in [4.69, 9.17) is 4.74 Å². The molecule has 2 aromatic carbocycles. The lowest BCUT2D eigenvalue weighted by Crippen LogP contribution is -2.34. The lowest BCUT2D eigenvalue weighted by atomic mass is 10.1. The lowest BCUT2D eigenvalue weighted by molar-refractivity contribution is -0.137. The van der Waals surface area contributed by atoms with Crippen LogP contribution in [0.2, 0.25) is 0 Å². The first-order valence-corrected chi connectivity index (χ1v) is 6.40. The maximum Gasteiger partial charge on any atom is 0.338 e. The Morgan fingerprint density at radius 1 is 1.05 bits per heavy atom. The largest absolute Gasteiger partial charge is 0.449 e. The highest BCUT2D eigenvalue weighted by Gasteiger charge is 2.20. The molecule has 1 atom stereocenters. The molecule has 0 aliphatic rings. The predicted molar refractivity (Wildman–Crippen MR) is 77.5 cm³/mol. The first kappa shape index (κ1) is 14.1. The number of esters is 1. The Kier molecular flexibility index (Phi) is 4.03. The molecule has 2 aromatic rings.